The molecule has 0 unspecified atom stereocenters. The van der Waals surface area contributed by atoms with Crippen LogP contribution in [0.2, 0.25) is 0 Å². The number of aromatic amines is 1. The number of carboxylic acid groups (broad SMARTS) is 1. The number of aromatic nitrogens is 3. The molecule has 0 saturated heterocycles. The highest BCUT2D eigenvalue weighted by Gasteiger charge is 2.17. The Kier molecular flexibility index (Phi) is 2.87. The predicted molar refractivity (Wildman–Crippen MR) is 56.5 cm³/mol. The Hall–Kier alpha value is -2.97. The minimum Gasteiger partial charge on any atom is -0.478 e. The van der Waals surface area contributed by atoms with Crippen molar-refractivity contribution in [3.05, 3.63) is 40.3 Å². The van der Waals surface area contributed by atoms with Crippen LogP contribution < -0.4 is 4.74 Å². The van der Waals surface area contributed by atoms with Crippen LogP contribution in [0.3, 0.4) is 0 Å². The topological polar surface area (TPSA) is 131 Å². The first-order chi connectivity index (χ1) is 8.58. The molecule has 9 nitrogen and oxygen atoms in total. The van der Waals surface area contributed by atoms with Gasteiger partial charge in [-0.1, -0.05) is 5.10 Å². The van der Waals surface area contributed by atoms with E-state index in [0.717, 1.165) is 12.4 Å². The first kappa shape index (κ1) is 11.5. The van der Waals surface area contributed by atoms with E-state index in [9.17, 15) is 14.9 Å². The minimum atomic E-state index is -1.17. The summed E-state index contributed by atoms with van der Waals surface area (Å²) in [7, 11) is 0. The molecule has 0 atom stereocenters. The third-order valence-corrected chi connectivity index (χ3v) is 1.96. The Morgan fingerprint density at radius 2 is 2.22 bits per heavy atom. The molecule has 2 heterocycles. The standard InChI is InChI=1S/C9H6N4O5/c14-9(15)5-1-6(3-10-2-5)18-7-4-11-12-8(7)13(16)17/h1-4H,(H,11,12)(H,14,15). The van der Waals surface area contributed by atoms with Gasteiger partial charge in [-0.25, -0.2) is 4.79 Å². The maximum Gasteiger partial charge on any atom is 0.385 e. The molecule has 9 heteroatoms. The Labute approximate surface area is 99.2 Å². The number of nitrogens with one attached hydrogen (secondary N) is 1. The van der Waals surface area contributed by atoms with Gasteiger partial charge >= 0.3 is 11.8 Å². The molecule has 2 rings (SSSR count). The SMILES string of the molecule is O=C(O)c1cncc(Oc2cn[nH]c2[N+](=O)[O-])c1. The normalized spacial score (nSPS) is 10.0. The van der Waals surface area contributed by atoms with Crippen LogP contribution in [0.25, 0.3) is 0 Å². The van der Waals surface area contributed by atoms with Crippen LogP contribution in [0.15, 0.2) is 24.7 Å². The summed E-state index contributed by atoms with van der Waals surface area (Å²) in [6, 6.07) is 1.20. The Bertz CT molecular complexity index is 609. The lowest BCUT2D eigenvalue weighted by molar-refractivity contribution is -0.390. The summed E-state index contributed by atoms with van der Waals surface area (Å²) in [5.41, 5.74) is -0.0846. The summed E-state index contributed by atoms with van der Waals surface area (Å²) in [6.45, 7) is 0. The van der Waals surface area contributed by atoms with Gasteiger partial charge in [0, 0.05) is 6.20 Å². The van der Waals surface area contributed by atoms with Crippen molar-refractivity contribution in [3.63, 3.8) is 0 Å². The van der Waals surface area contributed by atoms with Gasteiger partial charge in [0.2, 0.25) is 5.75 Å². The fourth-order valence-corrected chi connectivity index (χ4v) is 1.19. The lowest BCUT2D eigenvalue weighted by Crippen LogP contribution is -1.98. The van der Waals surface area contributed by atoms with Gasteiger partial charge in [0.1, 0.15) is 11.9 Å². The molecule has 2 aromatic heterocycles. The summed E-state index contributed by atoms with van der Waals surface area (Å²) in [6.07, 6.45) is 3.49. The van der Waals surface area contributed by atoms with E-state index in [0.29, 0.717) is 0 Å². The van der Waals surface area contributed by atoms with Crippen LogP contribution in [0, 0.1) is 10.1 Å². The molecule has 0 fully saturated rings. The lowest BCUT2D eigenvalue weighted by atomic mass is 10.3. The number of hydrogen-bond acceptors (Lipinski definition) is 6. The van der Waals surface area contributed by atoms with Gasteiger partial charge in [0.25, 0.3) is 0 Å². The van der Waals surface area contributed by atoms with E-state index in [1.165, 1.54) is 12.3 Å². The van der Waals surface area contributed by atoms with Gasteiger partial charge in [-0.2, -0.15) is 0 Å². The van der Waals surface area contributed by atoms with Crippen LogP contribution in [0.4, 0.5) is 5.82 Å². The number of rotatable bonds is 4. The van der Waals surface area contributed by atoms with Gasteiger partial charge < -0.3 is 20.0 Å². The number of H-pyrrole nitrogens is 1. The van der Waals surface area contributed by atoms with E-state index in [-0.39, 0.29) is 17.1 Å². The second-order valence-corrected chi connectivity index (χ2v) is 3.16. The summed E-state index contributed by atoms with van der Waals surface area (Å²) in [4.78, 5) is 24.3. The number of aromatic carboxylic acids is 1. The number of nitro groups is 1. The molecule has 0 aliphatic heterocycles. The fraction of sp³-hybridized carbons (Fsp3) is 0. The number of carboxylic acids is 1. The lowest BCUT2D eigenvalue weighted by Gasteiger charge is -2.02. The van der Waals surface area contributed by atoms with Gasteiger partial charge in [-0.05, 0) is 11.0 Å². The highest BCUT2D eigenvalue weighted by Crippen LogP contribution is 2.28. The van der Waals surface area contributed by atoms with Crippen molar-refractivity contribution in [2.24, 2.45) is 0 Å². The Morgan fingerprint density at radius 3 is 2.89 bits per heavy atom. The van der Waals surface area contributed by atoms with E-state index in [1.807, 2.05) is 0 Å². The van der Waals surface area contributed by atoms with Gasteiger partial charge in [-0.3, -0.25) is 4.98 Å². The zero-order chi connectivity index (χ0) is 13.1. The molecular weight excluding hydrogens is 244 g/mol. The van der Waals surface area contributed by atoms with Gasteiger partial charge in [0.05, 0.1) is 11.8 Å². The van der Waals surface area contributed by atoms with E-state index in [2.05, 4.69) is 15.2 Å². The zero-order valence-corrected chi connectivity index (χ0v) is 8.73. The third kappa shape index (κ3) is 2.24. The van der Waals surface area contributed by atoms with Gasteiger partial charge in [-0.15, -0.1) is 5.10 Å². The van der Waals surface area contributed by atoms with E-state index >= 15 is 0 Å². The average Bonchev–Trinajstić information content (AvgIpc) is 2.77. The summed E-state index contributed by atoms with van der Waals surface area (Å²) in [5.74, 6) is -1.64. The van der Waals surface area contributed by atoms with Crippen LogP contribution in [-0.4, -0.2) is 31.2 Å². The molecule has 18 heavy (non-hydrogen) atoms. The molecule has 0 aliphatic carbocycles. The highest BCUT2D eigenvalue weighted by atomic mass is 16.6. The summed E-state index contributed by atoms with van der Waals surface area (Å²) >= 11 is 0. The minimum absolute atomic E-state index is 0.0689. The molecular formula is C9H6N4O5. The number of hydrogen-bond donors (Lipinski definition) is 2. The molecule has 0 aliphatic rings. The second-order valence-electron chi connectivity index (χ2n) is 3.16. The van der Waals surface area contributed by atoms with Crippen LogP contribution in [0.5, 0.6) is 11.5 Å². The monoisotopic (exact) mass is 250 g/mol. The van der Waals surface area contributed by atoms with Crippen molar-refractivity contribution in [2.75, 3.05) is 0 Å². The zero-order valence-electron chi connectivity index (χ0n) is 8.73. The summed E-state index contributed by atoms with van der Waals surface area (Å²) in [5, 5.41) is 25.0. The van der Waals surface area contributed by atoms with Crippen LogP contribution >= 0.6 is 0 Å². The molecule has 0 bridgehead atoms. The van der Waals surface area contributed by atoms with E-state index in [4.69, 9.17) is 9.84 Å². The van der Waals surface area contributed by atoms with Crippen molar-refractivity contribution >= 4 is 11.8 Å². The van der Waals surface area contributed by atoms with Crippen molar-refractivity contribution < 1.29 is 19.6 Å². The molecule has 0 amide bonds. The smallest absolute Gasteiger partial charge is 0.385 e. The maximum atomic E-state index is 10.7. The maximum absolute atomic E-state index is 10.7. The first-order valence-corrected chi connectivity index (χ1v) is 4.62. The Morgan fingerprint density at radius 1 is 1.44 bits per heavy atom. The van der Waals surface area contributed by atoms with E-state index < -0.39 is 16.7 Å². The quantitative estimate of drug-likeness (QED) is 0.615. The molecule has 0 aromatic carbocycles. The number of carbonyl (C=O) groups is 1. The number of ether oxygens (including phenoxy) is 1. The first-order valence-electron chi connectivity index (χ1n) is 4.62. The summed E-state index contributed by atoms with van der Waals surface area (Å²) < 4.78 is 5.14. The van der Waals surface area contributed by atoms with Crippen molar-refractivity contribution in [2.45, 2.75) is 0 Å². The van der Waals surface area contributed by atoms with Crippen LogP contribution in [0.1, 0.15) is 10.4 Å². The molecule has 2 aromatic rings. The molecule has 0 radical (unpaired) electrons. The third-order valence-electron chi connectivity index (χ3n) is 1.96. The average molecular weight is 250 g/mol. The number of nitrogens with zero attached hydrogens (tertiary/aromatic N) is 3. The van der Waals surface area contributed by atoms with Crippen LogP contribution in [-0.2, 0) is 0 Å². The largest absolute Gasteiger partial charge is 0.478 e. The van der Waals surface area contributed by atoms with Gasteiger partial charge in [0.15, 0.2) is 0 Å². The van der Waals surface area contributed by atoms with Crippen molar-refractivity contribution in [3.8, 4) is 11.5 Å². The number of pyridine rings is 1. The Balaban J connectivity index is 2.28. The van der Waals surface area contributed by atoms with Crippen molar-refractivity contribution in [1.82, 2.24) is 15.2 Å². The predicted octanol–water partition coefficient (Wildman–Crippen LogP) is 1.20. The second kappa shape index (κ2) is 4.49. The molecule has 0 saturated carbocycles. The molecule has 0 spiro atoms. The highest BCUT2D eigenvalue weighted by molar-refractivity contribution is 5.87. The van der Waals surface area contributed by atoms with E-state index in [1.54, 1.807) is 0 Å². The fourth-order valence-electron chi connectivity index (χ4n) is 1.19. The van der Waals surface area contributed by atoms with Crippen molar-refractivity contribution in [1.29, 1.82) is 0 Å². The molecule has 92 valence electrons. The molecule has 2 N–H and O–H groups in total.